The zero-order valence-corrected chi connectivity index (χ0v) is 4.94. The molecule has 0 aliphatic heterocycles. The first kappa shape index (κ1) is 4.05. The van der Waals surface area contributed by atoms with Gasteiger partial charge in [-0.1, -0.05) is 0 Å². The Kier molecular flexibility index (Phi) is 1.05. The number of nitrogens with one attached hydrogen (secondary N) is 1. The molecule has 0 aliphatic carbocycles. The van der Waals surface area contributed by atoms with Crippen LogP contribution in [-0.4, -0.2) is 15.2 Å². The van der Waals surface area contributed by atoms with Crippen molar-refractivity contribution in [1.29, 1.82) is 0 Å². The van der Waals surface area contributed by atoms with Crippen molar-refractivity contribution < 1.29 is 21.1 Å². The molecule has 0 saturated heterocycles. The molecular formula is C2H2AuN3. The summed E-state index contributed by atoms with van der Waals surface area (Å²) in [4.78, 5) is 3.73. The predicted octanol–water partition coefficient (Wildman–Crippen LogP) is -1.02. The van der Waals surface area contributed by atoms with Gasteiger partial charge in [0.05, 0.1) is 0 Å². The van der Waals surface area contributed by atoms with E-state index in [-0.39, 0.29) is 0 Å². The van der Waals surface area contributed by atoms with Crippen LogP contribution in [0.5, 0.6) is 0 Å². The molecule has 0 atom stereocenters. The average molecular weight is 265 g/mol. The van der Waals surface area contributed by atoms with Crippen LogP contribution in [0.3, 0.4) is 0 Å². The van der Waals surface area contributed by atoms with Gasteiger partial charge in [-0.3, -0.25) is 0 Å². The maximum absolute atomic E-state index is 3.73. The predicted molar refractivity (Wildman–Crippen MR) is 16.0 cm³/mol. The Labute approximate surface area is 47.1 Å². The Morgan fingerprint density at radius 1 is 1.83 bits per heavy atom. The molecule has 4 heteroatoms. The molecule has 1 aromatic rings. The fraction of sp³-hybridized carbons (Fsp3) is 0. The van der Waals surface area contributed by atoms with E-state index in [1.165, 1.54) is 6.33 Å². The fourth-order valence-corrected chi connectivity index (χ4v) is 0.463. The number of nitrogens with zero attached hydrogens (tertiary/aromatic N) is 2. The third kappa shape index (κ3) is 0.680. The Balaban J connectivity index is 3.05. The molecule has 36 valence electrons. The van der Waals surface area contributed by atoms with Crippen LogP contribution in [-0.2, 0) is 21.1 Å². The summed E-state index contributed by atoms with van der Waals surface area (Å²) in [7, 11) is 0. The summed E-state index contributed by atoms with van der Waals surface area (Å²) in [5.41, 5.74) is 0. The van der Waals surface area contributed by atoms with E-state index in [1.54, 1.807) is 0 Å². The van der Waals surface area contributed by atoms with E-state index in [2.05, 4.69) is 36.2 Å². The molecule has 0 unspecified atom stereocenters. The van der Waals surface area contributed by atoms with Gasteiger partial charge in [0.25, 0.3) is 0 Å². The minimum absolute atomic E-state index is 0.731. The Morgan fingerprint density at radius 3 is 2.83 bits per heavy atom. The second kappa shape index (κ2) is 1.55. The van der Waals surface area contributed by atoms with E-state index in [0.717, 1.165) is 4.04 Å². The molecule has 1 heterocycles. The zero-order chi connectivity index (χ0) is 4.41. The van der Waals surface area contributed by atoms with E-state index >= 15 is 0 Å². The maximum atomic E-state index is 3.73. The molecule has 6 heavy (non-hydrogen) atoms. The molecule has 0 radical (unpaired) electrons. The van der Waals surface area contributed by atoms with Crippen LogP contribution in [0.2, 0.25) is 0 Å². The molecule has 0 saturated carbocycles. The monoisotopic (exact) mass is 265 g/mol. The van der Waals surface area contributed by atoms with Crippen molar-refractivity contribution in [1.82, 2.24) is 15.2 Å². The number of aromatic amines is 1. The van der Waals surface area contributed by atoms with Gasteiger partial charge in [-0.15, -0.1) is 0 Å². The molecule has 0 aromatic carbocycles. The molecule has 3 nitrogen and oxygen atoms in total. The standard InChI is InChI=1S/C2H2N3.Au/c1-3-2-5-4-1;/h1H,(H,3,4,5);. The van der Waals surface area contributed by atoms with Crippen molar-refractivity contribution in [3.05, 3.63) is 6.33 Å². The first-order chi connectivity index (χ1) is 2.89. The quantitative estimate of drug-likeness (QED) is 0.610. The average Bonchev–Trinajstić information content (AvgIpc) is 1.86. The van der Waals surface area contributed by atoms with Gasteiger partial charge in [-0.05, 0) is 0 Å². The summed E-state index contributed by atoms with van der Waals surface area (Å²) in [6.45, 7) is 0. The van der Waals surface area contributed by atoms with Gasteiger partial charge in [-0.25, -0.2) is 0 Å². The number of hydrogen-bond acceptors (Lipinski definition) is 2. The normalized spacial score (nSPS) is 9.00. The molecule has 0 amide bonds. The van der Waals surface area contributed by atoms with E-state index in [4.69, 9.17) is 0 Å². The van der Waals surface area contributed by atoms with Crippen molar-refractivity contribution in [3.63, 3.8) is 0 Å². The molecule has 0 fully saturated rings. The van der Waals surface area contributed by atoms with Crippen molar-refractivity contribution in [2.45, 2.75) is 0 Å². The summed E-state index contributed by atoms with van der Waals surface area (Å²) in [6, 6.07) is 0. The van der Waals surface area contributed by atoms with Crippen LogP contribution in [0, 0.1) is 0 Å². The second-order valence-corrected chi connectivity index (χ2v) is 1.70. The number of hydrogen-bond donors (Lipinski definition) is 1. The second-order valence-electron chi connectivity index (χ2n) is 0.734. The van der Waals surface area contributed by atoms with Crippen LogP contribution in [0.15, 0.2) is 6.33 Å². The topological polar surface area (TPSA) is 41.6 Å². The Morgan fingerprint density at radius 2 is 2.67 bits per heavy atom. The van der Waals surface area contributed by atoms with Gasteiger partial charge < -0.3 is 0 Å². The molecule has 1 N–H and O–H groups in total. The van der Waals surface area contributed by atoms with Crippen LogP contribution in [0.25, 0.3) is 0 Å². The summed E-state index contributed by atoms with van der Waals surface area (Å²) in [6.07, 6.45) is 1.54. The van der Waals surface area contributed by atoms with E-state index in [1.807, 2.05) is 0 Å². The van der Waals surface area contributed by atoms with Crippen molar-refractivity contribution in [2.75, 3.05) is 0 Å². The van der Waals surface area contributed by atoms with Gasteiger partial charge in [0, 0.05) is 0 Å². The summed E-state index contributed by atoms with van der Waals surface area (Å²) >= 11 is 2.18. The van der Waals surface area contributed by atoms with Crippen LogP contribution >= 0.6 is 0 Å². The zero-order valence-electron chi connectivity index (χ0n) is 2.77. The SMILES string of the molecule is [Au][c]1nc[nH]n1. The third-order valence-corrected chi connectivity index (χ3v) is 0.889. The molecular weight excluding hydrogens is 263 g/mol. The first-order valence-electron chi connectivity index (χ1n) is 1.37. The van der Waals surface area contributed by atoms with E-state index in [9.17, 15) is 0 Å². The summed E-state index contributed by atoms with van der Waals surface area (Å²) in [5, 5.41) is 6.21. The summed E-state index contributed by atoms with van der Waals surface area (Å²) in [5.74, 6) is 0. The van der Waals surface area contributed by atoms with Crippen LogP contribution < -0.4 is 4.04 Å². The van der Waals surface area contributed by atoms with Gasteiger partial charge in [0.2, 0.25) is 0 Å². The van der Waals surface area contributed by atoms with Gasteiger partial charge in [0.15, 0.2) is 0 Å². The van der Waals surface area contributed by atoms with Gasteiger partial charge in [0.1, 0.15) is 0 Å². The van der Waals surface area contributed by atoms with Gasteiger partial charge in [-0.2, -0.15) is 0 Å². The van der Waals surface area contributed by atoms with Crippen molar-refractivity contribution in [2.24, 2.45) is 0 Å². The molecule has 0 aliphatic rings. The van der Waals surface area contributed by atoms with Crippen molar-refractivity contribution >= 4 is 4.04 Å². The van der Waals surface area contributed by atoms with Crippen molar-refractivity contribution in [3.8, 4) is 0 Å². The molecule has 1 aromatic heterocycles. The Bertz CT molecular complexity index is 112. The Hall–Kier alpha value is -0.120. The minimum atomic E-state index is 0.731. The van der Waals surface area contributed by atoms with Gasteiger partial charge >= 0.3 is 46.6 Å². The number of rotatable bonds is 0. The number of aromatic nitrogens is 3. The van der Waals surface area contributed by atoms with E-state index < -0.39 is 0 Å². The van der Waals surface area contributed by atoms with Crippen LogP contribution in [0.1, 0.15) is 0 Å². The molecule has 0 bridgehead atoms. The third-order valence-electron chi connectivity index (χ3n) is 0.367. The first-order valence-corrected chi connectivity index (χ1v) is 2.45. The molecule has 0 spiro atoms. The summed E-state index contributed by atoms with van der Waals surface area (Å²) < 4.78 is 0.731. The van der Waals surface area contributed by atoms with Crippen LogP contribution in [0.4, 0.5) is 0 Å². The van der Waals surface area contributed by atoms with E-state index in [0.29, 0.717) is 0 Å². The molecule has 1 rings (SSSR count). The number of H-pyrrole nitrogens is 1. The fourth-order valence-electron chi connectivity index (χ4n) is 0.183.